The fourth-order valence-corrected chi connectivity index (χ4v) is 3.04. The second-order valence-electron chi connectivity index (χ2n) is 5.66. The number of methoxy groups -OCH3 is 1. The molecule has 1 fully saturated rings. The van der Waals surface area contributed by atoms with Crippen molar-refractivity contribution < 1.29 is 9.13 Å². The smallest absolute Gasteiger partial charge is 0.123 e. The van der Waals surface area contributed by atoms with E-state index in [-0.39, 0.29) is 5.82 Å². The van der Waals surface area contributed by atoms with Gasteiger partial charge < -0.3 is 4.74 Å². The van der Waals surface area contributed by atoms with Crippen molar-refractivity contribution in [2.45, 2.75) is 58.2 Å². The highest BCUT2D eigenvalue weighted by molar-refractivity contribution is 5.34. The molecular weight excluding hydrogens is 241 g/mol. The minimum Gasteiger partial charge on any atom is -0.496 e. The van der Waals surface area contributed by atoms with Gasteiger partial charge in [-0.2, -0.15) is 0 Å². The van der Waals surface area contributed by atoms with Crippen molar-refractivity contribution in [3.8, 4) is 5.75 Å². The lowest BCUT2D eigenvalue weighted by Crippen LogP contribution is -2.38. The maximum absolute atomic E-state index is 13.4. The Balaban J connectivity index is 2.18. The average molecular weight is 265 g/mol. The summed E-state index contributed by atoms with van der Waals surface area (Å²) in [6.45, 7) is 5.19. The first-order valence-corrected chi connectivity index (χ1v) is 7.20. The van der Waals surface area contributed by atoms with Gasteiger partial charge in [0.15, 0.2) is 0 Å². The van der Waals surface area contributed by atoms with Gasteiger partial charge in [-0.15, -0.1) is 0 Å². The monoisotopic (exact) mass is 265 g/mol. The lowest BCUT2D eigenvalue weighted by molar-refractivity contribution is 0.144. The van der Waals surface area contributed by atoms with Gasteiger partial charge >= 0.3 is 0 Å². The van der Waals surface area contributed by atoms with Crippen LogP contribution in [0.25, 0.3) is 0 Å². The van der Waals surface area contributed by atoms with Crippen molar-refractivity contribution in [1.29, 1.82) is 0 Å². The van der Waals surface area contributed by atoms with E-state index in [0.717, 1.165) is 17.9 Å². The molecule has 0 atom stereocenters. The van der Waals surface area contributed by atoms with E-state index in [2.05, 4.69) is 18.7 Å². The molecule has 1 aromatic carbocycles. The molecular formula is C16H24FNO. The summed E-state index contributed by atoms with van der Waals surface area (Å²) in [6.07, 6.45) is 5.15. The third-order valence-electron chi connectivity index (χ3n) is 4.05. The van der Waals surface area contributed by atoms with Gasteiger partial charge in [-0.25, -0.2) is 4.39 Å². The summed E-state index contributed by atoms with van der Waals surface area (Å²) < 4.78 is 18.8. The molecule has 0 amide bonds. The Kier molecular flexibility index (Phi) is 4.81. The van der Waals surface area contributed by atoms with E-state index < -0.39 is 0 Å². The molecule has 1 aliphatic rings. The molecule has 0 radical (unpaired) electrons. The molecule has 0 saturated heterocycles. The molecule has 106 valence electrons. The first-order chi connectivity index (χ1) is 9.11. The molecule has 0 N–H and O–H groups in total. The molecule has 19 heavy (non-hydrogen) atoms. The topological polar surface area (TPSA) is 12.5 Å². The SMILES string of the molecule is COc1ccc(F)cc1CN(C(C)C)C1CCCC1. The molecule has 0 spiro atoms. The summed E-state index contributed by atoms with van der Waals surface area (Å²) in [7, 11) is 1.64. The molecule has 0 bridgehead atoms. The Morgan fingerprint density at radius 1 is 1.32 bits per heavy atom. The summed E-state index contributed by atoms with van der Waals surface area (Å²) in [4.78, 5) is 2.48. The zero-order chi connectivity index (χ0) is 13.8. The van der Waals surface area contributed by atoms with Crippen molar-refractivity contribution in [1.82, 2.24) is 4.90 Å². The minimum atomic E-state index is -0.189. The lowest BCUT2D eigenvalue weighted by atomic mass is 10.1. The molecule has 0 heterocycles. The largest absolute Gasteiger partial charge is 0.496 e. The highest BCUT2D eigenvalue weighted by atomic mass is 19.1. The van der Waals surface area contributed by atoms with Gasteiger partial charge in [0, 0.05) is 24.2 Å². The minimum absolute atomic E-state index is 0.189. The first kappa shape index (κ1) is 14.3. The van der Waals surface area contributed by atoms with Crippen LogP contribution in [0.4, 0.5) is 4.39 Å². The predicted molar refractivity (Wildman–Crippen MR) is 75.9 cm³/mol. The number of halogens is 1. The van der Waals surface area contributed by atoms with Crippen LogP contribution in [-0.2, 0) is 6.54 Å². The van der Waals surface area contributed by atoms with Gasteiger partial charge in [-0.05, 0) is 44.9 Å². The molecule has 1 aliphatic carbocycles. The Morgan fingerprint density at radius 2 is 2.00 bits per heavy atom. The van der Waals surface area contributed by atoms with Crippen LogP contribution in [0.3, 0.4) is 0 Å². The Labute approximate surface area is 115 Å². The summed E-state index contributed by atoms with van der Waals surface area (Å²) in [6, 6.07) is 5.88. The van der Waals surface area contributed by atoms with E-state index in [1.165, 1.54) is 31.7 Å². The zero-order valence-corrected chi connectivity index (χ0v) is 12.2. The molecule has 2 nitrogen and oxygen atoms in total. The van der Waals surface area contributed by atoms with Crippen molar-refractivity contribution in [3.63, 3.8) is 0 Å². The van der Waals surface area contributed by atoms with Gasteiger partial charge in [-0.3, -0.25) is 4.90 Å². The Hall–Kier alpha value is -1.09. The molecule has 2 rings (SSSR count). The fourth-order valence-electron chi connectivity index (χ4n) is 3.04. The van der Waals surface area contributed by atoms with E-state index >= 15 is 0 Å². The van der Waals surface area contributed by atoms with Crippen LogP contribution < -0.4 is 4.74 Å². The molecule has 1 saturated carbocycles. The van der Waals surface area contributed by atoms with E-state index in [4.69, 9.17) is 4.74 Å². The second kappa shape index (κ2) is 6.38. The maximum atomic E-state index is 13.4. The van der Waals surface area contributed by atoms with Gasteiger partial charge in [0.1, 0.15) is 11.6 Å². The average Bonchev–Trinajstić information content (AvgIpc) is 2.89. The van der Waals surface area contributed by atoms with E-state index in [9.17, 15) is 4.39 Å². The number of hydrogen-bond donors (Lipinski definition) is 0. The second-order valence-corrected chi connectivity index (χ2v) is 5.66. The predicted octanol–water partition coefficient (Wildman–Crippen LogP) is 3.99. The van der Waals surface area contributed by atoms with Gasteiger partial charge in [0.2, 0.25) is 0 Å². The Bertz CT molecular complexity index is 413. The van der Waals surface area contributed by atoms with Crippen molar-refractivity contribution in [2.24, 2.45) is 0 Å². The summed E-state index contributed by atoms with van der Waals surface area (Å²) in [5, 5.41) is 0. The molecule has 0 unspecified atom stereocenters. The number of rotatable bonds is 5. The van der Waals surface area contributed by atoms with Crippen molar-refractivity contribution in [3.05, 3.63) is 29.6 Å². The molecule has 0 aromatic heterocycles. The number of hydrogen-bond acceptors (Lipinski definition) is 2. The van der Waals surface area contributed by atoms with Crippen LogP contribution in [0, 0.1) is 5.82 Å². The van der Waals surface area contributed by atoms with Crippen molar-refractivity contribution in [2.75, 3.05) is 7.11 Å². The van der Waals surface area contributed by atoms with E-state index in [1.807, 2.05) is 0 Å². The number of nitrogens with zero attached hydrogens (tertiary/aromatic N) is 1. The zero-order valence-electron chi connectivity index (χ0n) is 12.2. The van der Waals surface area contributed by atoms with E-state index in [0.29, 0.717) is 12.1 Å². The van der Waals surface area contributed by atoms with Gasteiger partial charge in [0.25, 0.3) is 0 Å². The van der Waals surface area contributed by atoms with E-state index in [1.54, 1.807) is 19.2 Å². The lowest BCUT2D eigenvalue weighted by Gasteiger charge is -2.33. The van der Waals surface area contributed by atoms with Crippen LogP contribution in [0.5, 0.6) is 5.75 Å². The third-order valence-corrected chi connectivity index (χ3v) is 4.05. The third kappa shape index (κ3) is 3.47. The maximum Gasteiger partial charge on any atom is 0.123 e. The van der Waals surface area contributed by atoms with Gasteiger partial charge in [0.05, 0.1) is 7.11 Å². The summed E-state index contributed by atoms with van der Waals surface area (Å²) >= 11 is 0. The standard InChI is InChI=1S/C16H24FNO/c1-12(2)18(15-6-4-5-7-15)11-13-10-14(17)8-9-16(13)19-3/h8-10,12,15H,4-7,11H2,1-3H3. The summed E-state index contributed by atoms with van der Waals surface area (Å²) in [5.74, 6) is 0.593. The highest BCUT2D eigenvalue weighted by Gasteiger charge is 2.25. The highest BCUT2D eigenvalue weighted by Crippen LogP contribution is 2.29. The number of ether oxygens (including phenoxy) is 1. The van der Waals surface area contributed by atoms with Crippen LogP contribution in [0.15, 0.2) is 18.2 Å². The Morgan fingerprint density at radius 3 is 2.58 bits per heavy atom. The molecule has 1 aromatic rings. The van der Waals surface area contributed by atoms with Gasteiger partial charge in [-0.1, -0.05) is 12.8 Å². The molecule has 3 heteroatoms. The molecule has 0 aliphatic heterocycles. The summed E-state index contributed by atoms with van der Waals surface area (Å²) in [5.41, 5.74) is 0.947. The van der Waals surface area contributed by atoms with Crippen LogP contribution >= 0.6 is 0 Å². The van der Waals surface area contributed by atoms with Crippen molar-refractivity contribution >= 4 is 0 Å². The van der Waals surface area contributed by atoms with Crippen LogP contribution in [-0.4, -0.2) is 24.1 Å². The fraction of sp³-hybridized carbons (Fsp3) is 0.625. The van der Waals surface area contributed by atoms with Crippen LogP contribution in [0.2, 0.25) is 0 Å². The first-order valence-electron chi connectivity index (χ1n) is 7.20. The quantitative estimate of drug-likeness (QED) is 0.798. The normalized spacial score (nSPS) is 16.5. The van der Waals surface area contributed by atoms with Crippen LogP contribution in [0.1, 0.15) is 45.1 Å². The number of benzene rings is 1.